The van der Waals surface area contributed by atoms with E-state index in [9.17, 15) is 9.59 Å². The van der Waals surface area contributed by atoms with Crippen LogP contribution in [0.3, 0.4) is 0 Å². The summed E-state index contributed by atoms with van der Waals surface area (Å²) in [7, 11) is 0. The second-order valence-corrected chi connectivity index (χ2v) is 4.54. The number of fused-ring (bicyclic) bond motifs is 1. The SMILES string of the molecule is CC.O=CN1CCC(n2c(=O)[nH]c3ncccc32)CC1. The number of pyridine rings is 1. The van der Waals surface area contributed by atoms with Gasteiger partial charge in [-0.25, -0.2) is 9.78 Å². The summed E-state index contributed by atoms with van der Waals surface area (Å²) in [6, 6.07) is 3.87. The number of hydrogen-bond acceptors (Lipinski definition) is 3. The highest BCUT2D eigenvalue weighted by molar-refractivity contribution is 5.70. The number of nitrogens with zero attached hydrogens (tertiary/aromatic N) is 3. The molecule has 2 aromatic rings. The minimum absolute atomic E-state index is 0.117. The Kier molecular flexibility index (Phi) is 4.55. The summed E-state index contributed by atoms with van der Waals surface area (Å²) in [4.78, 5) is 31.3. The molecule has 3 rings (SSSR count). The molecule has 1 N–H and O–H groups in total. The van der Waals surface area contributed by atoms with Crippen LogP contribution >= 0.6 is 0 Å². The molecule has 0 radical (unpaired) electrons. The third-order valence-electron chi connectivity index (χ3n) is 3.50. The standard InChI is InChI=1S/C12H14N4O2.C2H6/c17-8-15-6-3-9(4-7-15)16-10-2-1-5-13-11(10)14-12(16)18;1-2/h1-2,5,8-9H,3-4,6-7H2,(H,13,14,18);1-2H3. The van der Waals surface area contributed by atoms with Crippen molar-refractivity contribution in [2.45, 2.75) is 32.7 Å². The third kappa shape index (κ3) is 2.59. The number of nitrogens with one attached hydrogen (secondary N) is 1. The topological polar surface area (TPSA) is 71.0 Å². The normalized spacial score (nSPS) is 15.8. The quantitative estimate of drug-likeness (QED) is 0.846. The number of rotatable bonds is 2. The molecule has 1 amide bonds. The lowest BCUT2D eigenvalue weighted by Crippen LogP contribution is -2.36. The Morgan fingerprint density at radius 2 is 2.05 bits per heavy atom. The molecule has 3 heterocycles. The molecule has 0 aromatic carbocycles. The van der Waals surface area contributed by atoms with E-state index in [0.29, 0.717) is 18.7 Å². The summed E-state index contributed by atoms with van der Waals surface area (Å²) in [6.07, 6.45) is 4.15. The molecule has 0 bridgehead atoms. The van der Waals surface area contributed by atoms with Crippen molar-refractivity contribution in [3.8, 4) is 0 Å². The fourth-order valence-corrected chi connectivity index (χ4v) is 2.57. The van der Waals surface area contributed by atoms with Gasteiger partial charge in [0.05, 0.1) is 5.52 Å². The second-order valence-electron chi connectivity index (χ2n) is 4.54. The summed E-state index contributed by atoms with van der Waals surface area (Å²) >= 11 is 0. The van der Waals surface area contributed by atoms with Gasteiger partial charge < -0.3 is 4.90 Å². The van der Waals surface area contributed by atoms with Gasteiger partial charge in [0.1, 0.15) is 0 Å². The van der Waals surface area contributed by atoms with E-state index in [1.54, 1.807) is 15.7 Å². The molecule has 0 saturated carbocycles. The van der Waals surface area contributed by atoms with Crippen molar-refractivity contribution in [3.63, 3.8) is 0 Å². The van der Waals surface area contributed by atoms with E-state index < -0.39 is 0 Å². The van der Waals surface area contributed by atoms with Gasteiger partial charge in [0.2, 0.25) is 6.41 Å². The fraction of sp³-hybridized carbons (Fsp3) is 0.500. The van der Waals surface area contributed by atoms with Gasteiger partial charge in [0.25, 0.3) is 0 Å². The van der Waals surface area contributed by atoms with Crippen molar-refractivity contribution >= 4 is 17.6 Å². The molecular formula is C14H20N4O2. The predicted molar refractivity (Wildman–Crippen MR) is 77.6 cm³/mol. The predicted octanol–water partition coefficient (Wildman–Crippen LogP) is 1.54. The molecule has 108 valence electrons. The molecular weight excluding hydrogens is 256 g/mol. The lowest BCUT2D eigenvalue weighted by molar-refractivity contribution is -0.119. The molecule has 6 nitrogen and oxygen atoms in total. The van der Waals surface area contributed by atoms with E-state index in [2.05, 4.69) is 9.97 Å². The molecule has 1 aliphatic rings. The zero-order chi connectivity index (χ0) is 14.5. The smallest absolute Gasteiger partial charge is 0.327 e. The maximum Gasteiger partial charge on any atom is 0.327 e. The van der Waals surface area contributed by atoms with Crippen LogP contribution in [0.4, 0.5) is 0 Å². The maximum absolute atomic E-state index is 12.0. The largest absolute Gasteiger partial charge is 0.345 e. The van der Waals surface area contributed by atoms with Gasteiger partial charge in [-0.15, -0.1) is 0 Å². The van der Waals surface area contributed by atoms with E-state index in [0.717, 1.165) is 24.8 Å². The number of imidazole rings is 1. The lowest BCUT2D eigenvalue weighted by atomic mass is 10.1. The first-order chi connectivity index (χ1) is 9.79. The van der Waals surface area contributed by atoms with Crippen LogP contribution in [0.5, 0.6) is 0 Å². The number of hydrogen-bond donors (Lipinski definition) is 1. The van der Waals surface area contributed by atoms with Gasteiger partial charge in [0.15, 0.2) is 5.65 Å². The van der Waals surface area contributed by atoms with E-state index >= 15 is 0 Å². The van der Waals surface area contributed by atoms with Crippen molar-refractivity contribution < 1.29 is 4.79 Å². The van der Waals surface area contributed by atoms with Gasteiger partial charge in [-0.3, -0.25) is 14.3 Å². The molecule has 1 fully saturated rings. The Morgan fingerprint density at radius 3 is 2.70 bits per heavy atom. The summed E-state index contributed by atoms with van der Waals surface area (Å²) in [5.41, 5.74) is 1.35. The van der Waals surface area contributed by atoms with Crippen molar-refractivity contribution in [2.75, 3.05) is 13.1 Å². The van der Waals surface area contributed by atoms with Crippen molar-refractivity contribution in [2.24, 2.45) is 0 Å². The Morgan fingerprint density at radius 1 is 1.35 bits per heavy atom. The first-order valence-electron chi connectivity index (χ1n) is 7.04. The number of amides is 1. The summed E-state index contributed by atoms with van der Waals surface area (Å²) in [6.45, 7) is 5.40. The molecule has 0 atom stereocenters. The van der Waals surface area contributed by atoms with Gasteiger partial charge in [-0.2, -0.15) is 0 Å². The Bertz CT molecular complexity index is 623. The van der Waals surface area contributed by atoms with Gasteiger partial charge in [-0.05, 0) is 25.0 Å². The van der Waals surface area contributed by atoms with Crippen LogP contribution in [0.25, 0.3) is 11.2 Å². The van der Waals surface area contributed by atoms with Crippen LogP contribution < -0.4 is 5.69 Å². The fourth-order valence-electron chi connectivity index (χ4n) is 2.57. The molecule has 0 spiro atoms. The third-order valence-corrected chi connectivity index (χ3v) is 3.50. The molecule has 6 heteroatoms. The van der Waals surface area contributed by atoms with E-state index in [1.807, 2.05) is 26.0 Å². The minimum atomic E-state index is -0.117. The number of aromatic nitrogens is 3. The van der Waals surface area contributed by atoms with Crippen molar-refractivity contribution in [3.05, 3.63) is 28.8 Å². The molecule has 1 aliphatic heterocycles. The zero-order valence-corrected chi connectivity index (χ0v) is 11.9. The molecule has 1 saturated heterocycles. The van der Waals surface area contributed by atoms with Gasteiger partial charge >= 0.3 is 5.69 Å². The van der Waals surface area contributed by atoms with Gasteiger partial charge in [-0.1, -0.05) is 13.8 Å². The average Bonchev–Trinajstić information content (AvgIpc) is 2.85. The van der Waals surface area contributed by atoms with E-state index in [4.69, 9.17) is 0 Å². The maximum atomic E-state index is 12.0. The number of piperidine rings is 1. The van der Waals surface area contributed by atoms with Crippen molar-refractivity contribution in [1.82, 2.24) is 19.4 Å². The second kappa shape index (κ2) is 6.36. The Balaban J connectivity index is 0.000000704. The molecule has 0 unspecified atom stereocenters. The summed E-state index contributed by atoms with van der Waals surface area (Å²) in [5, 5.41) is 0. The van der Waals surface area contributed by atoms with Crippen LogP contribution in [-0.2, 0) is 4.79 Å². The lowest BCUT2D eigenvalue weighted by Gasteiger charge is -2.29. The monoisotopic (exact) mass is 276 g/mol. The highest BCUT2D eigenvalue weighted by Gasteiger charge is 2.22. The van der Waals surface area contributed by atoms with Gasteiger partial charge in [0, 0.05) is 25.3 Å². The first kappa shape index (κ1) is 14.3. The highest BCUT2D eigenvalue weighted by atomic mass is 16.1. The minimum Gasteiger partial charge on any atom is -0.345 e. The highest BCUT2D eigenvalue weighted by Crippen LogP contribution is 2.23. The molecule has 20 heavy (non-hydrogen) atoms. The number of likely N-dealkylation sites (tertiary alicyclic amines) is 1. The van der Waals surface area contributed by atoms with E-state index in [-0.39, 0.29) is 11.7 Å². The number of carbonyl (C=O) groups excluding carboxylic acids is 1. The molecule has 0 aliphatic carbocycles. The Labute approximate surface area is 117 Å². The summed E-state index contributed by atoms with van der Waals surface area (Å²) < 4.78 is 1.77. The van der Waals surface area contributed by atoms with Crippen LogP contribution in [0.15, 0.2) is 23.1 Å². The number of aromatic amines is 1. The van der Waals surface area contributed by atoms with Crippen LogP contribution in [0, 0.1) is 0 Å². The van der Waals surface area contributed by atoms with Crippen LogP contribution in [0.2, 0.25) is 0 Å². The van der Waals surface area contributed by atoms with E-state index in [1.165, 1.54) is 0 Å². The zero-order valence-electron chi connectivity index (χ0n) is 11.9. The van der Waals surface area contributed by atoms with Crippen LogP contribution in [-0.4, -0.2) is 38.9 Å². The summed E-state index contributed by atoms with van der Waals surface area (Å²) in [5.74, 6) is 0. The van der Waals surface area contributed by atoms with Crippen molar-refractivity contribution in [1.29, 1.82) is 0 Å². The number of H-pyrrole nitrogens is 1. The first-order valence-corrected chi connectivity index (χ1v) is 7.04. The van der Waals surface area contributed by atoms with Crippen LogP contribution in [0.1, 0.15) is 32.7 Å². The average molecular weight is 276 g/mol. The Hall–Kier alpha value is -2.11. The number of carbonyl (C=O) groups is 1. The molecule has 2 aromatic heterocycles.